The minimum Gasteiger partial charge on any atom is -0.507 e. The van der Waals surface area contributed by atoms with Gasteiger partial charge in [-0.3, -0.25) is 9.59 Å². The van der Waals surface area contributed by atoms with Crippen LogP contribution in [0.15, 0.2) is 89.0 Å². The first kappa shape index (κ1) is 22.9. The molecule has 0 bridgehead atoms. The largest absolute Gasteiger partial charge is 0.507 e. The number of ketones is 1. The van der Waals surface area contributed by atoms with Gasteiger partial charge >= 0.3 is 0 Å². The normalized spacial score (nSPS) is 17.3. The number of rotatable bonds is 6. The number of carbonyl (C=O) groups is 2. The summed E-state index contributed by atoms with van der Waals surface area (Å²) < 4.78 is 6.08. The molecule has 0 radical (unpaired) electrons. The highest BCUT2D eigenvalue weighted by atomic mass is 79.9. The summed E-state index contributed by atoms with van der Waals surface area (Å²) in [6.07, 6.45) is 2.50. The van der Waals surface area contributed by atoms with Gasteiger partial charge in [-0.1, -0.05) is 46.3 Å². The molecule has 0 saturated carbocycles. The first-order valence-electron chi connectivity index (χ1n) is 11.2. The van der Waals surface area contributed by atoms with Crippen molar-refractivity contribution in [2.75, 3.05) is 13.7 Å². The average molecular weight is 531 g/mol. The SMILES string of the molecule is COc1ccc(/C(O)=C2/C(=O)C(=O)N(CCc3c[nH]c4ccccc34)C2c2ccc(Br)cc2)cc1. The second kappa shape index (κ2) is 9.43. The van der Waals surface area contributed by atoms with Crippen LogP contribution in [0, 0.1) is 0 Å². The summed E-state index contributed by atoms with van der Waals surface area (Å²) in [6.45, 7) is 0.326. The van der Waals surface area contributed by atoms with Gasteiger partial charge in [0.2, 0.25) is 0 Å². The number of aromatic amines is 1. The van der Waals surface area contributed by atoms with Crippen LogP contribution in [0.4, 0.5) is 0 Å². The first-order valence-corrected chi connectivity index (χ1v) is 12.0. The summed E-state index contributed by atoms with van der Waals surface area (Å²) in [4.78, 5) is 31.3. The lowest BCUT2D eigenvalue weighted by molar-refractivity contribution is -0.139. The zero-order valence-electron chi connectivity index (χ0n) is 19.0. The van der Waals surface area contributed by atoms with Crippen molar-refractivity contribution in [3.05, 3.63) is 106 Å². The van der Waals surface area contributed by atoms with Gasteiger partial charge in [0.25, 0.3) is 11.7 Å². The lowest BCUT2D eigenvalue weighted by Crippen LogP contribution is -2.31. The van der Waals surface area contributed by atoms with Crippen molar-refractivity contribution >= 4 is 44.3 Å². The monoisotopic (exact) mass is 530 g/mol. The topological polar surface area (TPSA) is 82.6 Å². The van der Waals surface area contributed by atoms with E-state index in [1.807, 2.05) is 54.7 Å². The van der Waals surface area contributed by atoms with E-state index in [-0.39, 0.29) is 11.3 Å². The molecule has 0 spiro atoms. The predicted octanol–water partition coefficient (Wildman–Crippen LogP) is 5.60. The quantitative estimate of drug-likeness (QED) is 0.193. The number of nitrogens with one attached hydrogen (secondary N) is 1. The molecule has 1 fully saturated rings. The molecule has 7 heteroatoms. The number of aliphatic hydroxyl groups excluding tert-OH is 1. The Hall–Kier alpha value is -3.84. The van der Waals surface area contributed by atoms with Gasteiger partial charge in [0.1, 0.15) is 11.5 Å². The van der Waals surface area contributed by atoms with Crippen LogP contribution in [0.25, 0.3) is 16.7 Å². The molecule has 1 aliphatic heterocycles. The maximum absolute atomic E-state index is 13.2. The fourth-order valence-electron chi connectivity index (χ4n) is 4.59. The molecule has 6 nitrogen and oxygen atoms in total. The number of methoxy groups -OCH3 is 1. The Morgan fingerprint density at radius 3 is 2.46 bits per heavy atom. The van der Waals surface area contributed by atoms with Crippen LogP contribution in [0.2, 0.25) is 0 Å². The number of likely N-dealkylation sites (tertiary alicyclic amines) is 1. The van der Waals surface area contributed by atoms with Gasteiger partial charge in [0.15, 0.2) is 0 Å². The lowest BCUT2D eigenvalue weighted by Gasteiger charge is -2.25. The number of aromatic nitrogens is 1. The van der Waals surface area contributed by atoms with Crippen molar-refractivity contribution in [3.63, 3.8) is 0 Å². The molecule has 5 rings (SSSR count). The van der Waals surface area contributed by atoms with Crippen molar-refractivity contribution in [3.8, 4) is 5.75 Å². The van der Waals surface area contributed by atoms with Crippen LogP contribution in [0.5, 0.6) is 5.75 Å². The van der Waals surface area contributed by atoms with Crippen LogP contribution in [0.1, 0.15) is 22.7 Å². The number of fused-ring (bicyclic) bond motifs is 1. The third kappa shape index (κ3) is 4.23. The summed E-state index contributed by atoms with van der Waals surface area (Å²) in [6, 6.07) is 21.5. The minimum absolute atomic E-state index is 0.0846. The maximum Gasteiger partial charge on any atom is 0.295 e. The number of amides is 1. The molecule has 35 heavy (non-hydrogen) atoms. The van der Waals surface area contributed by atoms with E-state index in [2.05, 4.69) is 20.9 Å². The molecule has 4 aromatic rings. The molecular formula is C28H23BrN2O4. The van der Waals surface area contributed by atoms with Gasteiger partial charge in [-0.25, -0.2) is 0 Å². The van der Waals surface area contributed by atoms with Gasteiger partial charge in [0, 0.05) is 33.7 Å². The molecule has 1 unspecified atom stereocenters. The molecule has 1 atom stereocenters. The number of halogens is 1. The summed E-state index contributed by atoms with van der Waals surface area (Å²) in [5.74, 6) is -0.878. The lowest BCUT2D eigenvalue weighted by atomic mass is 9.95. The molecule has 1 saturated heterocycles. The van der Waals surface area contributed by atoms with Crippen LogP contribution >= 0.6 is 15.9 Å². The zero-order chi connectivity index (χ0) is 24.5. The Morgan fingerprint density at radius 2 is 1.74 bits per heavy atom. The smallest absolute Gasteiger partial charge is 0.295 e. The highest BCUT2D eigenvalue weighted by Gasteiger charge is 2.45. The van der Waals surface area contributed by atoms with Crippen LogP contribution < -0.4 is 4.74 Å². The van der Waals surface area contributed by atoms with Gasteiger partial charge < -0.3 is 19.7 Å². The summed E-state index contributed by atoms with van der Waals surface area (Å²) in [7, 11) is 1.56. The number of aliphatic hydroxyl groups is 1. The summed E-state index contributed by atoms with van der Waals surface area (Å²) >= 11 is 3.44. The van der Waals surface area contributed by atoms with E-state index in [0.717, 1.165) is 26.5 Å². The molecule has 1 aliphatic rings. The predicted molar refractivity (Wildman–Crippen MR) is 138 cm³/mol. The third-order valence-corrected chi connectivity index (χ3v) is 6.91. The Kier molecular flexibility index (Phi) is 6.17. The molecule has 0 aliphatic carbocycles. The number of H-pyrrole nitrogens is 1. The van der Waals surface area contributed by atoms with Crippen LogP contribution in [-0.4, -0.2) is 40.3 Å². The highest BCUT2D eigenvalue weighted by molar-refractivity contribution is 9.10. The van der Waals surface area contributed by atoms with Gasteiger partial charge in [0.05, 0.1) is 18.7 Å². The maximum atomic E-state index is 13.2. The first-order chi connectivity index (χ1) is 17.0. The van der Waals surface area contributed by atoms with Crippen molar-refractivity contribution in [1.29, 1.82) is 0 Å². The third-order valence-electron chi connectivity index (χ3n) is 6.39. The second-order valence-electron chi connectivity index (χ2n) is 8.38. The van der Waals surface area contributed by atoms with Crippen molar-refractivity contribution in [2.45, 2.75) is 12.5 Å². The molecule has 2 heterocycles. The van der Waals surface area contributed by atoms with Gasteiger partial charge in [-0.15, -0.1) is 0 Å². The van der Waals surface area contributed by atoms with E-state index < -0.39 is 17.7 Å². The molecular weight excluding hydrogens is 508 g/mol. The second-order valence-corrected chi connectivity index (χ2v) is 9.30. The van der Waals surface area contributed by atoms with Crippen molar-refractivity contribution in [2.24, 2.45) is 0 Å². The van der Waals surface area contributed by atoms with Crippen molar-refractivity contribution in [1.82, 2.24) is 9.88 Å². The van der Waals surface area contributed by atoms with Crippen LogP contribution in [-0.2, 0) is 16.0 Å². The number of carbonyl (C=O) groups excluding carboxylic acids is 2. The number of nitrogens with zero attached hydrogens (tertiary/aromatic N) is 1. The molecule has 3 aromatic carbocycles. The Labute approximate surface area is 211 Å². The standard InChI is InChI=1S/C28H23BrN2O4/c1-35-21-12-8-18(9-13-21)26(32)24-25(17-6-10-20(29)11-7-17)31(28(34)27(24)33)15-14-19-16-30-23-5-3-2-4-22(19)23/h2-13,16,25,30,32H,14-15H2,1H3/b26-24-. The van der Waals surface area contributed by atoms with E-state index >= 15 is 0 Å². The van der Waals surface area contributed by atoms with E-state index in [4.69, 9.17) is 4.74 Å². The number of benzene rings is 3. The Balaban J connectivity index is 1.55. The van der Waals surface area contributed by atoms with Gasteiger partial charge in [-0.2, -0.15) is 0 Å². The summed E-state index contributed by atoms with van der Waals surface area (Å²) in [5, 5.41) is 12.3. The van der Waals surface area contributed by atoms with Crippen molar-refractivity contribution < 1.29 is 19.4 Å². The average Bonchev–Trinajstić information content (AvgIpc) is 3.41. The molecule has 1 amide bonds. The molecule has 2 N–H and O–H groups in total. The number of ether oxygens (including phenoxy) is 1. The fourth-order valence-corrected chi connectivity index (χ4v) is 4.85. The fraction of sp³-hybridized carbons (Fsp3) is 0.143. The molecule has 176 valence electrons. The van der Waals surface area contributed by atoms with E-state index in [1.54, 1.807) is 36.3 Å². The minimum atomic E-state index is -0.699. The van der Waals surface area contributed by atoms with E-state index in [0.29, 0.717) is 24.3 Å². The van der Waals surface area contributed by atoms with E-state index in [1.165, 1.54) is 0 Å². The zero-order valence-corrected chi connectivity index (χ0v) is 20.6. The number of Topliss-reactive ketones (excluding diaryl/α,β-unsaturated/α-hetero) is 1. The van der Waals surface area contributed by atoms with E-state index in [9.17, 15) is 14.7 Å². The Morgan fingerprint density at radius 1 is 1.03 bits per heavy atom. The molecule has 1 aromatic heterocycles. The highest BCUT2D eigenvalue weighted by Crippen LogP contribution is 2.40. The Bertz CT molecular complexity index is 1440. The number of hydrogen-bond acceptors (Lipinski definition) is 4. The summed E-state index contributed by atoms with van der Waals surface area (Å²) in [5.41, 5.74) is 3.37. The van der Waals surface area contributed by atoms with Crippen LogP contribution in [0.3, 0.4) is 0 Å². The number of para-hydroxylation sites is 1. The van der Waals surface area contributed by atoms with Gasteiger partial charge in [-0.05, 0) is 60.0 Å². The number of hydrogen-bond donors (Lipinski definition) is 2.